The van der Waals surface area contributed by atoms with E-state index in [4.69, 9.17) is 4.74 Å². The predicted molar refractivity (Wildman–Crippen MR) is 104 cm³/mol. The minimum atomic E-state index is -0.937. The van der Waals surface area contributed by atoms with Crippen LogP contribution in [0.4, 0.5) is 0 Å². The first-order valence-corrected chi connectivity index (χ1v) is 9.29. The van der Waals surface area contributed by atoms with E-state index in [0.717, 1.165) is 28.7 Å². The van der Waals surface area contributed by atoms with Gasteiger partial charge in [0.1, 0.15) is 18.7 Å². The van der Waals surface area contributed by atoms with Crippen molar-refractivity contribution in [3.05, 3.63) is 70.8 Å². The molecule has 1 unspecified atom stereocenters. The molecule has 2 atom stereocenters. The van der Waals surface area contributed by atoms with Crippen LogP contribution in [0.3, 0.4) is 0 Å². The van der Waals surface area contributed by atoms with Crippen molar-refractivity contribution in [1.82, 2.24) is 10.6 Å². The molecule has 2 aromatic rings. The first-order valence-electron chi connectivity index (χ1n) is 9.29. The molecular formula is C22H23N3O3. The summed E-state index contributed by atoms with van der Waals surface area (Å²) in [5.74, 6) is -0.837. The van der Waals surface area contributed by atoms with E-state index >= 15 is 0 Å². The Morgan fingerprint density at radius 1 is 1.29 bits per heavy atom. The number of rotatable bonds is 6. The highest BCUT2D eigenvalue weighted by molar-refractivity contribution is 5.85. The number of benzene rings is 2. The highest BCUT2D eigenvalue weighted by Gasteiger charge is 2.28. The Balaban J connectivity index is 1.57. The van der Waals surface area contributed by atoms with Crippen LogP contribution < -0.4 is 10.6 Å². The van der Waals surface area contributed by atoms with Crippen molar-refractivity contribution in [2.75, 3.05) is 6.54 Å². The van der Waals surface area contributed by atoms with Gasteiger partial charge in [-0.25, -0.2) is 0 Å². The maximum absolute atomic E-state index is 12.7. The van der Waals surface area contributed by atoms with Gasteiger partial charge in [0, 0.05) is 6.54 Å². The van der Waals surface area contributed by atoms with Crippen molar-refractivity contribution in [2.45, 2.75) is 38.5 Å². The molecule has 6 heteroatoms. The van der Waals surface area contributed by atoms with Crippen LogP contribution in [0.25, 0.3) is 0 Å². The molecule has 0 saturated heterocycles. The van der Waals surface area contributed by atoms with Gasteiger partial charge in [-0.2, -0.15) is 5.26 Å². The molecule has 28 heavy (non-hydrogen) atoms. The van der Waals surface area contributed by atoms with Crippen molar-refractivity contribution in [2.24, 2.45) is 0 Å². The van der Waals surface area contributed by atoms with Crippen LogP contribution in [-0.2, 0) is 27.4 Å². The van der Waals surface area contributed by atoms with Crippen LogP contribution in [0.2, 0.25) is 0 Å². The number of amides is 1. The molecule has 0 aromatic heterocycles. The third-order valence-corrected chi connectivity index (χ3v) is 4.70. The molecule has 0 aliphatic carbocycles. The fourth-order valence-corrected chi connectivity index (χ4v) is 3.28. The molecule has 0 bridgehead atoms. The summed E-state index contributed by atoms with van der Waals surface area (Å²) in [6.45, 7) is 2.84. The number of esters is 1. The second-order valence-corrected chi connectivity index (χ2v) is 6.88. The molecule has 0 fully saturated rings. The van der Waals surface area contributed by atoms with Crippen LogP contribution >= 0.6 is 0 Å². The van der Waals surface area contributed by atoms with Gasteiger partial charge in [0.15, 0.2) is 0 Å². The fraction of sp³-hybridized carbons (Fsp3) is 0.318. The highest BCUT2D eigenvalue weighted by Crippen LogP contribution is 2.24. The Morgan fingerprint density at radius 2 is 2.07 bits per heavy atom. The van der Waals surface area contributed by atoms with E-state index in [2.05, 4.69) is 16.7 Å². The van der Waals surface area contributed by atoms with Crippen LogP contribution in [0.5, 0.6) is 0 Å². The zero-order valence-electron chi connectivity index (χ0n) is 15.8. The number of nitrogens with zero attached hydrogens (tertiary/aromatic N) is 1. The maximum atomic E-state index is 12.7. The summed E-state index contributed by atoms with van der Waals surface area (Å²) in [7, 11) is 0. The molecule has 1 aliphatic rings. The van der Waals surface area contributed by atoms with Gasteiger partial charge in [-0.15, -0.1) is 0 Å². The summed E-state index contributed by atoms with van der Waals surface area (Å²) in [5.41, 5.74) is 4.06. The van der Waals surface area contributed by atoms with E-state index in [1.165, 1.54) is 0 Å². The van der Waals surface area contributed by atoms with Gasteiger partial charge < -0.3 is 15.4 Å². The quantitative estimate of drug-likeness (QED) is 0.754. The van der Waals surface area contributed by atoms with E-state index < -0.39 is 18.1 Å². The van der Waals surface area contributed by atoms with Gasteiger partial charge in [0.2, 0.25) is 5.91 Å². The summed E-state index contributed by atoms with van der Waals surface area (Å²) in [5, 5.41) is 15.2. The lowest BCUT2D eigenvalue weighted by Gasteiger charge is -2.27. The summed E-state index contributed by atoms with van der Waals surface area (Å²) >= 11 is 0. The molecule has 144 valence electrons. The molecule has 1 heterocycles. The Bertz CT molecular complexity index is 890. The third kappa shape index (κ3) is 4.96. The Labute approximate surface area is 164 Å². The topological polar surface area (TPSA) is 91.2 Å². The molecule has 0 spiro atoms. The van der Waals surface area contributed by atoms with Crippen LogP contribution in [-0.4, -0.2) is 24.5 Å². The van der Waals surface area contributed by atoms with Crippen molar-refractivity contribution >= 4 is 11.9 Å². The number of nitriles is 1. The smallest absolute Gasteiger partial charge is 0.309 e. The molecule has 3 rings (SSSR count). The molecular weight excluding hydrogens is 354 g/mol. The van der Waals surface area contributed by atoms with E-state index in [1.807, 2.05) is 55.5 Å². The normalized spacial score (nSPS) is 16.4. The lowest BCUT2D eigenvalue weighted by Crippen LogP contribution is -2.45. The predicted octanol–water partition coefficient (Wildman–Crippen LogP) is 2.32. The lowest BCUT2D eigenvalue weighted by atomic mass is 9.92. The molecule has 2 N–H and O–H groups in total. The van der Waals surface area contributed by atoms with Crippen molar-refractivity contribution < 1.29 is 14.3 Å². The minimum absolute atomic E-state index is 0.142. The highest BCUT2D eigenvalue weighted by atomic mass is 16.5. The lowest BCUT2D eigenvalue weighted by molar-refractivity contribution is -0.145. The summed E-state index contributed by atoms with van der Waals surface area (Å²) in [6, 6.07) is 15.8. The van der Waals surface area contributed by atoms with Gasteiger partial charge in [0.25, 0.3) is 0 Å². The SMILES string of the molecule is Cc1ccc2c(c1)CCN[C@@H]2C(=O)NC(C#N)CC(=O)OCc1ccccc1. The molecule has 0 saturated carbocycles. The number of nitrogens with one attached hydrogen (secondary N) is 2. The first kappa shape index (κ1) is 19.6. The minimum Gasteiger partial charge on any atom is -0.461 e. The van der Waals surface area contributed by atoms with Crippen LogP contribution in [0.1, 0.15) is 34.7 Å². The molecule has 6 nitrogen and oxygen atoms in total. The second-order valence-electron chi connectivity index (χ2n) is 6.88. The number of hydrogen-bond donors (Lipinski definition) is 2. The summed E-state index contributed by atoms with van der Waals surface area (Å²) in [4.78, 5) is 24.7. The van der Waals surface area contributed by atoms with E-state index in [1.54, 1.807) is 0 Å². The van der Waals surface area contributed by atoms with Gasteiger partial charge >= 0.3 is 5.97 Å². The Morgan fingerprint density at radius 3 is 2.82 bits per heavy atom. The molecule has 1 amide bonds. The van der Waals surface area contributed by atoms with E-state index in [-0.39, 0.29) is 18.9 Å². The van der Waals surface area contributed by atoms with Crippen molar-refractivity contribution in [3.63, 3.8) is 0 Å². The first-order chi connectivity index (χ1) is 13.6. The number of carbonyl (C=O) groups is 2. The van der Waals surface area contributed by atoms with Gasteiger partial charge in [-0.1, -0.05) is 54.1 Å². The third-order valence-electron chi connectivity index (χ3n) is 4.70. The largest absolute Gasteiger partial charge is 0.461 e. The number of ether oxygens (including phenoxy) is 1. The average Bonchev–Trinajstić information content (AvgIpc) is 2.71. The number of fused-ring (bicyclic) bond motifs is 1. The van der Waals surface area contributed by atoms with Gasteiger partial charge in [-0.05, 0) is 30.0 Å². The Hall–Kier alpha value is -3.17. The Kier molecular flexibility index (Phi) is 6.41. The van der Waals surface area contributed by atoms with Gasteiger partial charge in [0.05, 0.1) is 12.5 Å². The monoisotopic (exact) mass is 377 g/mol. The van der Waals surface area contributed by atoms with Crippen molar-refractivity contribution in [1.29, 1.82) is 5.26 Å². The maximum Gasteiger partial charge on any atom is 0.309 e. The number of aryl methyl sites for hydroxylation is 1. The zero-order chi connectivity index (χ0) is 19.9. The molecule has 1 aliphatic heterocycles. The molecule has 2 aromatic carbocycles. The summed E-state index contributed by atoms with van der Waals surface area (Å²) in [6.07, 6.45) is 0.664. The number of hydrogen-bond acceptors (Lipinski definition) is 5. The molecule has 0 radical (unpaired) electrons. The van der Waals surface area contributed by atoms with E-state index in [9.17, 15) is 14.9 Å². The van der Waals surface area contributed by atoms with Gasteiger partial charge in [-0.3, -0.25) is 9.59 Å². The van der Waals surface area contributed by atoms with Crippen LogP contribution in [0.15, 0.2) is 48.5 Å². The number of carbonyl (C=O) groups excluding carboxylic acids is 2. The standard InChI is InChI=1S/C22H23N3O3/c1-15-7-8-19-17(11-15)9-10-24-21(19)22(27)25-18(13-23)12-20(26)28-14-16-5-3-2-4-6-16/h2-8,11,18,21,24H,9-10,12,14H2,1H3,(H,25,27)/t18?,21-/m0/s1. The zero-order valence-corrected chi connectivity index (χ0v) is 15.8. The second kappa shape index (κ2) is 9.16. The van der Waals surface area contributed by atoms with E-state index in [0.29, 0.717) is 6.54 Å². The average molecular weight is 377 g/mol. The van der Waals surface area contributed by atoms with Crippen LogP contribution in [0, 0.1) is 18.3 Å². The summed E-state index contributed by atoms with van der Waals surface area (Å²) < 4.78 is 5.20. The van der Waals surface area contributed by atoms with Crippen molar-refractivity contribution in [3.8, 4) is 6.07 Å². The fourth-order valence-electron chi connectivity index (χ4n) is 3.28.